The maximum Gasteiger partial charge on any atom is 0.312 e. The number of aromatic nitrogens is 1. The van der Waals surface area contributed by atoms with Crippen molar-refractivity contribution in [3.63, 3.8) is 0 Å². The van der Waals surface area contributed by atoms with E-state index < -0.39 is 5.97 Å². The third kappa shape index (κ3) is 1.29. The Morgan fingerprint density at radius 3 is 3.15 bits per heavy atom. The number of carboxylic acid groups (broad SMARTS) is 1. The van der Waals surface area contributed by atoms with E-state index in [0.717, 1.165) is 22.1 Å². The fraction of sp³-hybridized carbons (Fsp3) is 0.500. The number of rotatable bonds is 2. The van der Waals surface area contributed by atoms with Gasteiger partial charge in [0.15, 0.2) is 5.13 Å². The largest absolute Gasteiger partial charge is 0.481 e. The van der Waals surface area contributed by atoms with Gasteiger partial charge in [0.25, 0.3) is 0 Å². The Bertz CT molecular complexity index is 348. The lowest BCUT2D eigenvalue weighted by atomic mass is 10.1. The highest BCUT2D eigenvalue weighted by molar-refractivity contribution is 7.15. The Kier molecular flexibility index (Phi) is 1.95. The van der Waals surface area contributed by atoms with Gasteiger partial charge in [0.1, 0.15) is 5.92 Å². The second kappa shape index (κ2) is 2.99. The Morgan fingerprint density at radius 1 is 1.77 bits per heavy atom. The minimum Gasteiger partial charge on any atom is -0.481 e. The molecule has 0 fully saturated rings. The van der Waals surface area contributed by atoms with Crippen molar-refractivity contribution < 1.29 is 9.90 Å². The van der Waals surface area contributed by atoms with Crippen molar-refractivity contribution in [3.05, 3.63) is 10.6 Å². The first-order valence-corrected chi connectivity index (χ1v) is 4.94. The number of carboxylic acids is 1. The van der Waals surface area contributed by atoms with Crippen LogP contribution in [0.3, 0.4) is 0 Å². The van der Waals surface area contributed by atoms with E-state index in [1.54, 1.807) is 18.4 Å². The number of carbonyl (C=O) groups is 1. The Labute approximate surface area is 79.6 Å². The van der Waals surface area contributed by atoms with Crippen molar-refractivity contribution in [2.75, 3.05) is 12.4 Å². The highest BCUT2D eigenvalue weighted by atomic mass is 32.1. The Hall–Kier alpha value is -1.10. The molecular formula is C8H10N2O2S. The molecule has 13 heavy (non-hydrogen) atoms. The first kappa shape index (κ1) is 8.50. The number of anilines is 1. The van der Waals surface area contributed by atoms with Gasteiger partial charge in [-0.05, 0) is 12.8 Å². The molecule has 0 spiro atoms. The Morgan fingerprint density at radius 2 is 2.54 bits per heavy atom. The first-order chi connectivity index (χ1) is 6.22. The van der Waals surface area contributed by atoms with Crippen LogP contribution in [0.1, 0.15) is 22.9 Å². The summed E-state index contributed by atoms with van der Waals surface area (Å²) in [6.07, 6.45) is 1.55. The summed E-state index contributed by atoms with van der Waals surface area (Å²) in [6.45, 7) is 0. The number of hydrogen-bond acceptors (Lipinski definition) is 4. The van der Waals surface area contributed by atoms with Gasteiger partial charge in [-0.15, -0.1) is 11.3 Å². The normalized spacial score (nSPS) is 19.9. The van der Waals surface area contributed by atoms with Gasteiger partial charge in [-0.2, -0.15) is 0 Å². The van der Waals surface area contributed by atoms with Crippen molar-refractivity contribution in [2.45, 2.75) is 18.8 Å². The number of thiazole rings is 1. The average molecular weight is 198 g/mol. The number of fused-ring (bicyclic) bond motifs is 1. The smallest absolute Gasteiger partial charge is 0.312 e. The van der Waals surface area contributed by atoms with Crippen LogP contribution < -0.4 is 5.32 Å². The third-order valence-corrected chi connectivity index (χ3v) is 3.38. The quantitative estimate of drug-likeness (QED) is 0.752. The standard InChI is InChI=1S/C8H10N2O2S/c1-9-8-10-6-4(7(11)12)2-3-5(6)13-8/h4H,2-3H2,1H3,(H,9,10)(H,11,12). The molecule has 1 aliphatic carbocycles. The topological polar surface area (TPSA) is 62.2 Å². The molecule has 0 amide bonds. The van der Waals surface area contributed by atoms with Crippen molar-refractivity contribution in [3.8, 4) is 0 Å². The van der Waals surface area contributed by atoms with Crippen LogP contribution in [0, 0.1) is 0 Å². The Balaban J connectivity index is 2.35. The number of aryl methyl sites for hydroxylation is 1. The number of nitrogens with one attached hydrogen (secondary N) is 1. The minimum absolute atomic E-state index is 0.381. The second-order valence-corrected chi connectivity index (χ2v) is 4.09. The summed E-state index contributed by atoms with van der Waals surface area (Å²) in [5.41, 5.74) is 0.766. The molecule has 0 bridgehead atoms. The van der Waals surface area contributed by atoms with Crippen LogP contribution in [0.15, 0.2) is 0 Å². The van der Waals surface area contributed by atoms with E-state index in [1.165, 1.54) is 0 Å². The molecule has 1 aromatic heterocycles. The highest BCUT2D eigenvalue weighted by Crippen LogP contribution is 2.38. The second-order valence-electron chi connectivity index (χ2n) is 3.01. The summed E-state index contributed by atoms with van der Waals surface area (Å²) >= 11 is 1.56. The van der Waals surface area contributed by atoms with Crippen LogP contribution in [-0.4, -0.2) is 23.1 Å². The van der Waals surface area contributed by atoms with Crippen molar-refractivity contribution in [1.29, 1.82) is 0 Å². The predicted octanol–water partition coefficient (Wildman–Crippen LogP) is 1.30. The molecule has 1 heterocycles. The van der Waals surface area contributed by atoms with Gasteiger partial charge >= 0.3 is 5.97 Å². The molecule has 1 atom stereocenters. The summed E-state index contributed by atoms with van der Waals surface area (Å²) in [5, 5.41) is 12.6. The van der Waals surface area contributed by atoms with Crippen molar-refractivity contribution in [1.82, 2.24) is 4.98 Å². The van der Waals surface area contributed by atoms with Crippen LogP contribution in [0.25, 0.3) is 0 Å². The molecule has 0 saturated heterocycles. The van der Waals surface area contributed by atoms with Crippen LogP contribution in [0.5, 0.6) is 0 Å². The summed E-state index contributed by atoms with van der Waals surface area (Å²) < 4.78 is 0. The molecule has 2 rings (SSSR count). The van der Waals surface area contributed by atoms with Gasteiger partial charge < -0.3 is 10.4 Å². The van der Waals surface area contributed by atoms with Gasteiger partial charge in [-0.25, -0.2) is 4.98 Å². The van der Waals surface area contributed by atoms with E-state index in [-0.39, 0.29) is 5.92 Å². The highest BCUT2D eigenvalue weighted by Gasteiger charge is 2.32. The lowest BCUT2D eigenvalue weighted by Crippen LogP contribution is -2.08. The minimum atomic E-state index is -0.758. The van der Waals surface area contributed by atoms with E-state index in [0.29, 0.717) is 6.42 Å². The van der Waals surface area contributed by atoms with Crippen LogP contribution in [0.4, 0.5) is 5.13 Å². The molecule has 70 valence electrons. The van der Waals surface area contributed by atoms with Crippen molar-refractivity contribution in [2.24, 2.45) is 0 Å². The zero-order valence-corrected chi connectivity index (χ0v) is 8.02. The summed E-state index contributed by atoms with van der Waals surface area (Å²) in [6, 6.07) is 0. The molecule has 4 nitrogen and oxygen atoms in total. The van der Waals surface area contributed by atoms with Gasteiger partial charge in [-0.3, -0.25) is 4.79 Å². The van der Waals surface area contributed by atoms with Gasteiger partial charge in [0.05, 0.1) is 5.69 Å². The van der Waals surface area contributed by atoms with Crippen LogP contribution >= 0.6 is 11.3 Å². The SMILES string of the molecule is CNc1nc2c(s1)CCC2C(=O)O. The summed E-state index contributed by atoms with van der Waals surface area (Å²) in [4.78, 5) is 16.2. The maximum absolute atomic E-state index is 10.8. The van der Waals surface area contributed by atoms with E-state index in [2.05, 4.69) is 10.3 Å². The first-order valence-electron chi connectivity index (χ1n) is 4.12. The lowest BCUT2D eigenvalue weighted by Gasteiger charge is -2.00. The zero-order valence-electron chi connectivity index (χ0n) is 7.20. The zero-order chi connectivity index (χ0) is 9.42. The fourth-order valence-electron chi connectivity index (χ4n) is 1.57. The van der Waals surface area contributed by atoms with Crippen molar-refractivity contribution >= 4 is 22.4 Å². The molecule has 0 aromatic carbocycles. The van der Waals surface area contributed by atoms with E-state index in [9.17, 15) is 4.79 Å². The third-order valence-electron chi connectivity index (χ3n) is 2.23. The molecule has 1 aliphatic rings. The monoisotopic (exact) mass is 198 g/mol. The molecule has 0 radical (unpaired) electrons. The summed E-state index contributed by atoms with van der Waals surface area (Å²) in [5.74, 6) is -1.14. The fourth-order valence-corrected chi connectivity index (χ4v) is 2.57. The van der Waals surface area contributed by atoms with E-state index in [1.807, 2.05) is 0 Å². The maximum atomic E-state index is 10.8. The molecule has 1 unspecified atom stereocenters. The van der Waals surface area contributed by atoms with E-state index >= 15 is 0 Å². The van der Waals surface area contributed by atoms with Gasteiger partial charge in [0, 0.05) is 11.9 Å². The molecular weight excluding hydrogens is 188 g/mol. The average Bonchev–Trinajstić information content (AvgIpc) is 2.59. The number of aliphatic carboxylic acids is 1. The van der Waals surface area contributed by atoms with Crippen LogP contribution in [-0.2, 0) is 11.2 Å². The molecule has 2 N–H and O–H groups in total. The van der Waals surface area contributed by atoms with Gasteiger partial charge in [-0.1, -0.05) is 0 Å². The predicted molar refractivity (Wildman–Crippen MR) is 50.4 cm³/mol. The molecule has 0 aliphatic heterocycles. The number of hydrogen-bond donors (Lipinski definition) is 2. The summed E-state index contributed by atoms with van der Waals surface area (Å²) in [7, 11) is 1.80. The van der Waals surface area contributed by atoms with Crippen LogP contribution in [0.2, 0.25) is 0 Å². The molecule has 1 aromatic rings. The molecule has 5 heteroatoms. The number of nitrogens with zero attached hydrogens (tertiary/aromatic N) is 1. The van der Waals surface area contributed by atoms with Gasteiger partial charge in [0.2, 0.25) is 0 Å². The lowest BCUT2D eigenvalue weighted by molar-refractivity contribution is -0.138. The molecule has 0 saturated carbocycles. The van der Waals surface area contributed by atoms with E-state index in [4.69, 9.17) is 5.11 Å².